The van der Waals surface area contributed by atoms with E-state index in [0.29, 0.717) is 35.5 Å². The van der Waals surface area contributed by atoms with E-state index < -0.39 is 11.5 Å². The first-order valence-corrected chi connectivity index (χ1v) is 9.95. The molecule has 0 aliphatic rings. The van der Waals surface area contributed by atoms with Crippen LogP contribution in [-0.4, -0.2) is 22.2 Å². The summed E-state index contributed by atoms with van der Waals surface area (Å²) < 4.78 is 6.97. The second-order valence-corrected chi connectivity index (χ2v) is 6.82. The number of rotatable bonds is 8. The molecule has 0 radical (unpaired) electrons. The minimum atomic E-state index is -0.633. The van der Waals surface area contributed by atoms with Crippen LogP contribution in [0, 0.1) is 0 Å². The van der Waals surface area contributed by atoms with Crippen LogP contribution < -0.4 is 15.6 Å². The molecule has 6 nitrogen and oxygen atoms in total. The lowest BCUT2D eigenvalue weighted by Crippen LogP contribution is -2.30. The fourth-order valence-electron chi connectivity index (χ4n) is 3.33. The van der Waals surface area contributed by atoms with Crippen LogP contribution in [0.1, 0.15) is 43.5 Å². The van der Waals surface area contributed by atoms with Gasteiger partial charge in [0.15, 0.2) is 0 Å². The summed E-state index contributed by atoms with van der Waals surface area (Å²) in [7, 11) is 0. The van der Waals surface area contributed by atoms with E-state index in [1.165, 1.54) is 0 Å². The van der Waals surface area contributed by atoms with Gasteiger partial charge in [0.25, 0.3) is 11.5 Å². The highest BCUT2D eigenvalue weighted by Crippen LogP contribution is 2.27. The van der Waals surface area contributed by atoms with Crippen molar-refractivity contribution in [3.8, 4) is 11.5 Å². The highest BCUT2D eigenvalue weighted by Gasteiger charge is 2.22. The van der Waals surface area contributed by atoms with Gasteiger partial charge in [-0.1, -0.05) is 31.9 Å². The standard InChI is InChI=1S/C23H26N2O4/c1-3-5-8-15-25-19-10-7-6-9-18(19)21(26)20(23(25)28)22(27)24-16-11-13-17(14-12-16)29-4-2/h6-7,9-14,26H,3-5,8,15H2,1-2H3,(H,24,27). The van der Waals surface area contributed by atoms with E-state index in [4.69, 9.17) is 4.74 Å². The summed E-state index contributed by atoms with van der Waals surface area (Å²) in [6.07, 6.45) is 2.83. The lowest BCUT2D eigenvalue weighted by molar-refractivity contribution is 0.102. The van der Waals surface area contributed by atoms with Gasteiger partial charge in [-0.05, 0) is 49.7 Å². The Bertz CT molecular complexity index is 1050. The number of aromatic hydroxyl groups is 1. The van der Waals surface area contributed by atoms with Crippen LogP contribution in [0.3, 0.4) is 0 Å². The summed E-state index contributed by atoms with van der Waals surface area (Å²) in [5.74, 6) is -0.232. The van der Waals surface area contributed by atoms with Gasteiger partial charge in [-0.25, -0.2) is 0 Å². The number of aryl methyl sites for hydroxylation is 1. The normalized spacial score (nSPS) is 10.8. The molecular weight excluding hydrogens is 368 g/mol. The van der Waals surface area contributed by atoms with Crippen molar-refractivity contribution in [2.75, 3.05) is 11.9 Å². The molecule has 0 fully saturated rings. The molecule has 29 heavy (non-hydrogen) atoms. The van der Waals surface area contributed by atoms with Crippen molar-refractivity contribution in [3.63, 3.8) is 0 Å². The largest absolute Gasteiger partial charge is 0.506 e. The van der Waals surface area contributed by atoms with Crippen LogP contribution in [0.2, 0.25) is 0 Å². The van der Waals surface area contributed by atoms with Gasteiger partial charge in [0.2, 0.25) is 0 Å². The van der Waals surface area contributed by atoms with Crippen LogP contribution in [-0.2, 0) is 6.54 Å². The van der Waals surface area contributed by atoms with Gasteiger partial charge in [-0.3, -0.25) is 9.59 Å². The Morgan fingerprint density at radius 3 is 2.48 bits per heavy atom. The molecule has 0 saturated heterocycles. The Balaban J connectivity index is 1.99. The first-order valence-electron chi connectivity index (χ1n) is 9.95. The maximum absolute atomic E-state index is 13.1. The summed E-state index contributed by atoms with van der Waals surface area (Å²) in [4.78, 5) is 26.0. The molecule has 0 bridgehead atoms. The summed E-state index contributed by atoms with van der Waals surface area (Å²) >= 11 is 0. The predicted octanol–water partition coefficient (Wildman–Crippen LogP) is 4.55. The van der Waals surface area contributed by atoms with Gasteiger partial charge in [0.05, 0.1) is 12.1 Å². The maximum atomic E-state index is 13.1. The third-order valence-electron chi connectivity index (χ3n) is 4.78. The van der Waals surface area contributed by atoms with Gasteiger partial charge in [-0.15, -0.1) is 0 Å². The fourth-order valence-corrected chi connectivity index (χ4v) is 3.33. The molecule has 2 N–H and O–H groups in total. The number of ether oxygens (including phenoxy) is 1. The van der Waals surface area contributed by atoms with E-state index in [0.717, 1.165) is 19.3 Å². The number of nitrogens with zero attached hydrogens (tertiary/aromatic N) is 1. The summed E-state index contributed by atoms with van der Waals surface area (Å²) in [5, 5.41) is 13.9. The van der Waals surface area contributed by atoms with Crippen LogP contribution in [0.4, 0.5) is 5.69 Å². The Hall–Kier alpha value is -3.28. The number of carbonyl (C=O) groups is 1. The molecule has 3 rings (SSSR count). The zero-order chi connectivity index (χ0) is 20.8. The molecule has 1 heterocycles. The molecule has 0 aliphatic heterocycles. The van der Waals surface area contributed by atoms with Crippen molar-refractivity contribution in [2.45, 2.75) is 39.7 Å². The van der Waals surface area contributed by atoms with E-state index in [9.17, 15) is 14.7 Å². The SMILES string of the molecule is CCCCCn1c(=O)c(C(=O)Nc2ccc(OCC)cc2)c(O)c2ccccc21. The number of carbonyl (C=O) groups excluding carboxylic acids is 1. The number of hydrogen-bond donors (Lipinski definition) is 2. The number of pyridine rings is 1. The molecule has 1 amide bonds. The van der Waals surface area contributed by atoms with Gasteiger partial charge in [0, 0.05) is 17.6 Å². The Morgan fingerprint density at radius 1 is 1.07 bits per heavy atom. The highest BCUT2D eigenvalue weighted by molar-refractivity contribution is 6.09. The van der Waals surface area contributed by atoms with Crippen molar-refractivity contribution in [1.29, 1.82) is 0 Å². The number of para-hydroxylation sites is 1. The average Bonchev–Trinajstić information content (AvgIpc) is 2.72. The molecule has 1 aromatic heterocycles. The van der Waals surface area contributed by atoms with Crippen molar-refractivity contribution in [3.05, 3.63) is 64.4 Å². The van der Waals surface area contributed by atoms with Crippen molar-refractivity contribution in [2.24, 2.45) is 0 Å². The van der Waals surface area contributed by atoms with Crippen molar-refractivity contribution in [1.82, 2.24) is 4.57 Å². The molecule has 6 heteroatoms. The van der Waals surface area contributed by atoms with Crippen LogP contribution in [0.25, 0.3) is 10.9 Å². The van der Waals surface area contributed by atoms with E-state index in [2.05, 4.69) is 12.2 Å². The van der Waals surface area contributed by atoms with Gasteiger partial charge in [-0.2, -0.15) is 0 Å². The maximum Gasteiger partial charge on any atom is 0.267 e. The van der Waals surface area contributed by atoms with E-state index in [-0.39, 0.29) is 11.3 Å². The summed E-state index contributed by atoms with van der Waals surface area (Å²) in [5.41, 5.74) is 0.418. The molecule has 152 valence electrons. The molecule has 0 unspecified atom stereocenters. The predicted molar refractivity (Wildman–Crippen MR) is 115 cm³/mol. The molecule has 0 atom stereocenters. The fraction of sp³-hybridized carbons (Fsp3) is 0.304. The summed E-state index contributed by atoms with van der Waals surface area (Å²) in [6.45, 7) is 5.03. The molecule has 0 saturated carbocycles. The van der Waals surface area contributed by atoms with Gasteiger partial charge >= 0.3 is 0 Å². The topological polar surface area (TPSA) is 80.6 Å². The zero-order valence-corrected chi connectivity index (χ0v) is 16.8. The van der Waals surface area contributed by atoms with Crippen LogP contribution in [0.5, 0.6) is 11.5 Å². The quantitative estimate of drug-likeness (QED) is 0.549. The van der Waals surface area contributed by atoms with E-state index in [1.54, 1.807) is 47.0 Å². The lowest BCUT2D eigenvalue weighted by Gasteiger charge is -2.15. The molecule has 3 aromatic rings. The number of benzene rings is 2. The first kappa shape index (κ1) is 20.5. The number of aromatic nitrogens is 1. The number of nitrogens with one attached hydrogen (secondary N) is 1. The summed E-state index contributed by atoms with van der Waals surface area (Å²) in [6, 6.07) is 14.0. The second-order valence-electron chi connectivity index (χ2n) is 6.82. The van der Waals surface area contributed by atoms with Gasteiger partial charge < -0.3 is 19.7 Å². The second kappa shape index (κ2) is 9.28. The van der Waals surface area contributed by atoms with E-state index >= 15 is 0 Å². The third kappa shape index (κ3) is 4.42. The highest BCUT2D eigenvalue weighted by atomic mass is 16.5. The Kier molecular flexibility index (Phi) is 6.54. The number of anilines is 1. The number of hydrogen-bond acceptors (Lipinski definition) is 4. The smallest absolute Gasteiger partial charge is 0.267 e. The number of amides is 1. The molecule has 0 aliphatic carbocycles. The van der Waals surface area contributed by atoms with Crippen molar-refractivity contribution < 1.29 is 14.6 Å². The third-order valence-corrected chi connectivity index (χ3v) is 4.78. The van der Waals surface area contributed by atoms with E-state index in [1.807, 2.05) is 13.0 Å². The number of unbranched alkanes of at least 4 members (excludes halogenated alkanes) is 2. The molecule has 2 aromatic carbocycles. The average molecular weight is 394 g/mol. The Labute approximate surface area is 169 Å². The lowest BCUT2D eigenvalue weighted by atomic mass is 10.1. The van der Waals surface area contributed by atoms with Crippen molar-refractivity contribution >= 4 is 22.5 Å². The Morgan fingerprint density at radius 2 is 1.79 bits per heavy atom. The number of fused-ring (bicyclic) bond motifs is 1. The zero-order valence-electron chi connectivity index (χ0n) is 16.8. The van der Waals surface area contributed by atoms with Crippen LogP contribution >= 0.6 is 0 Å². The molecule has 0 spiro atoms. The minimum Gasteiger partial charge on any atom is -0.506 e. The molecular formula is C23H26N2O4. The van der Waals surface area contributed by atoms with Crippen LogP contribution in [0.15, 0.2) is 53.3 Å². The monoisotopic (exact) mass is 394 g/mol. The first-order chi connectivity index (χ1) is 14.1. The minimum absolute atomic E-state index is 0.242. The van der Waals surface area contributed by atoms with Gasteiger partial charge in [0.1, 0.15) is 17.1 Å².